The third-order valence-electron chi connectivity index (χ3n) is 3.41. The SMILES string of the molecule is CN(C)c1ccc(C(=O)NN=Cc2cccc(N(C)C)c2)cc1. The second-order valence-corrected chi connectivity index (χ2v) is 5.63. The summed E-state index contributed by atoms with van der Waals surface area (Å²) in [6.07, 6.45) is 1.64. The van der Waals surface area contributed by atoms with Gasteiger partial charge in [0.05, 0.1) is 6.21 Å². The van der Waals surface area contributed by atoms with Crippen LogP contribution >= 0.6 is 0 Å². The van der Waals surface area contributed by atoms with E-state index in [1.165, 1.54) is 0 Å². The van der Waals surface area contributed by atoms with E-state index < -0.39 is 0 Å². The third-order valence-corrected chi connectivity index (χ3v) is 3.41. The molecule has 0 fully saturated rings. The van der Waals surface area contributed by atoms with Crippen molar-refractivity contribution in [2.24, 2.45) is 5.10 Å². The molecule has 2 aromatic carbocycles. The van der Waals surface area contributed by atoms with Crippen molar-refractivity contribution in [2.75, 3.05) is 38.0 Å². The highest BCUT2D eigenvalue weighted by Gasteiger charge is 2.04. The van der Waals surface area contributed by atoms with Crippen molar-refractivity contribution in [3.05, 3.63) is 59.7 Å². The number of rotatable bonds is 5. The number of anilines is 2. The second-order valence-electron chi connectivity index (χ2n) is 5.63. The molecule has 0 saturated heterocycles. The van der Waals surface area contributed by atoms with Crippen molar-refractivity contribution >= 4 is 23.5 Å². The Hall–Kier alpha value is -2.82. The minimum Gasteiger partial charge on any atom is -0.378 e. The Morgan fingerprint density at radius 3 is 2.22 bits per heavy atom. The van der Waals surface area contributed by atoms with Gasteiger partial charge in [-0.05, 0) is 42.0 Å². The molecule has 0 bridgehead atoms. The van der Waals surface area contributed by atoms with Gasteiger partial charge in [-0.15, -0.1) is 0 Å². The summed E-state index contributed by atoms with van der Waals surface area (Å²) >= 11 is 0. The average Bonchev–Trinajstić information content (AvgIpc) is 2.55. The molecule has 2 rings (SSSR count). The van der Waals surface area contributed by atoms with Crippen molar-refractivity contribution in [2.45, 2.75) is 0 Å². The molecule has 5 nitrogen and oxygen atoms in total. The van der Waals surface area contributed by atoms with Gasteiger partial charge in [0.1, 0.15) is 0 Å². The van der Waals surface area contributed by atoms with Crippen LogP contribution in [0, 0.1) is 0 Å². The molecule has 0 aliphatic heterocycles. The number of hydrazone groups is 1. The molecule has 0 radical (unpaired) electrons. The Morgan fingerprint density at radius 1 is 0.957 bits per heavy atom. The van der Waals surface area contributed by atoms with Crippen molar-refractivity contribution in [1.29, 1.82) is 0 Å². The lowest BCUT2D eigenvalue weighted by Gasteiger charge is -2.12. The third kappa shape index (κ3) is 4.57. The van der Waals surface area contributed by atoms with Gasteiger partial charge in [0.2, 0.25) is 0 Å². The minimum absolute atomic E-state index is 0.227. The predicted molar refractivity (Wildman–Crippen MR) is 96.6 cm³/mol. The first kappa shape index (κ1) is 16.5. The lowest BCUT2D eigenvalue weighted by molar-refractivity contribution is 0.0955. The Bertz CT molecular complexity index is 690. The maximum atomic E-state index is 12.0. The molecule has 0 spiro atoms. The molecule has 0 aromatic heterocycles. The molecule has 0 saturated carbocycles. The molecule has 1 amide bonds. The molecular formula is C18H22N4O. The van der Waals surface area contributed by atoms with Crippen LogP contribution in [-0.2, 0) is 0 Å². The van der Waals surface area contributed by atoms with Gasteiger partial charge in [0.15, 0.2) is 0 Å². The molecule has 23 heavy (non-hydrogen) atoms. The van der Waals surface area contributed by atoms with E-state index in [0.29, 0.717) is 5.56 Å². The summed E-state index contributed by atoms with van der Waals surface area (Å²) < 4.78 is 0. The Balaban J connectivity index is 1.99. The summed E-state index contributed by atoms with van der Waals surface area (Å²) in [5, 5.41) is 4.02. The highest BCUT2D eigenvalue weighted by molar-refractivity contribution is 5.95. The molecule has 2 aromatic rings. The summed E-state index contributed by atoms with van der Waals surface area (Å²) in [6, 6.07) is 15.3. The van der Waals surface area contributed by atoms with Gasteiger partial charge in [-0.2, -0.15) is 5.10 Å². The highest BCUT2D eigenvalue weighted by atomic mass is 16.2. The van der Waals surface area contributed by atoms with E-state index in [4.69, 9.17) is 0 Å². The van der Waals surface area contributed by atoms with Gasteiger partial charge in [-0.25, -0.2) is 5.43 Å². The van der Waals surface area contributed by atoms with Gasteiger partial charge in [-0.3, -0.25) is 4.79 Å². The molecule has 0 aliphatic carbocycles. The summed E-state index contributed by atoms with van der Waals surface area (Å²) in [7, 11) is 7.88. The normalized spacial score (nSPS) is 10.6. The Kier molecular flexibility index (Phi) is 5.36. The smallest absolute Gasteiger partial charge is 0.271 e. The van der Waals surface area contributed by atoms with E-state index in [2.05, 4.69) is 10.5 Å². The standard InChI is InChI=1S/C18H22N4O/c1-21(2)16-10-8-15(9-11-16)18(23)20-19-13-14-6-5-7-17(12-14)22(3)4/h5-13H,1-4H3,(H,20,23). The van der Waals surface area contributed by atoms with E-state index in [1.807, 2.05) is 74.4 Å². The second kappa shape index (κ2) is 7.45. The van der Waals surface area contributed by atoms with Crippen LogP contribution in [-0.4, -0.2) is 40.3 Å². The number of nitrogens with zero attached hydrogens (tertiary/aromatic N) is 3. The molecule has 0 heterocycles. The van der Waals surface area contributed by atoms with Crippen LogP contribution in [0.15, 0.2) is 53.6 Å². The van der Waals surface area contributed by atoms with E-state index >= 15 is 0 Å². The van der Waals surface area contributed by atoms with Crippen LogP contribution in [0.1, 0.15) is 15.9 Å². The first-order chi connectivity index (χ1) is 11.0. The van der Waals surface area contributed by atoms with Gasteiger partial charge in [0, 0.05) is 45.1 Å². The van der Waals surface area contributed by atoms with E-state index in [9.17, 15) is 4.79 Å². The Morgan fingerprint density at radius 2 is 1.61 bits per heavy atom. The fraction of sp³-hybridized carbons (Fsp3) is 0.222. The van der Waals surface area contributed by atoms with Gasteiger partial charge in [0.25, 0.3) is 5.91 Å². The molecule has 5 heteroatoms. The molecule has 120 valence electrons. The van der Waals surface area contributed by atoms with Gasteiger partial charge < -0.3 is 9.80 Å². The molecule has 0 atom stereocenters. The molecular weight excluding hydrogens is 288 g/mol. The molecule has 0 aliphatic rings. The average molecular weight is 310 g/mol. The van der Waals surface area contributed by atoms with Crippen LogP contribution < -0.4 is 15.2 Å². The van der Waals surface area contributed by atoms with E-state index in [0.717, 1.165) is 16.9 Å². The quantitative estimate of drug-likeness (QED) is 0.682. The largest absolute Gasteiger partial charge is 0.378 e. The van der Waals surface area contributed by atoms with Crippen molar-refractivity contribution in [3.63, 3.8) is 0 Å². The van der Waals surface area contributed by atoms with E-state index in [-0.39, 0.29) is 5.91 Å². The van der Waals surface area contributed by atoms with Crippen molar-refractivity contribution in [3.8, 4) is 0 Å². The zero-order valence-electron chi connectivity index (χ0n) is 13.9. The number of amides is 1. The number of hydrogen-bond donors (Lipinski definition) is 1. The number of nitrogens with one attached hydrogen (secondary N) is 1. The van der Waals surface area contributed by atoms with Crippen molar-refractivity contribution < 1.29 is 4.79 Å². The first-order valence-corrected chi connectivity index (χ1v) is 7.35. The fourth-order valence-corrected chi connectivity index (χ4v) is 2.02. The summed E-state index contributed by atoms with van der Waals surface area (Å²) in [4.78, 5) is 16.0. The van der Waals surface area contributed by atoms with Gasteiger partial charge in [-0.1, -0.05) is 12.1 Å². The number of hydrogen-bond acceptors (Lipinski definition) is 4. The lowest BCUT2D eigenvalue weighted by Crippen LogP contribution is -2.18. The van der Waals surface area contributed by atoms with Crippen LogP contribution in [0.3, 0.4) is 0 Å². The predicted octanol–water partition coefficient (Wildman–Crippen LogP) is 2.58. The van der Waals surface area contributed by atoms with Crippen LogP contribution in [0.25, 0.3) is 0 Å². The first-order valence-electron chi connectivity index (χ1n) is 7.35. The monoisotopic (exact) mass is 310 g/mol. The summed E-state index contributed by atoms with van der Waals surface area (Å²) in [5.41, 5.74) is 6.19. The van der Waals surface area contributed by atoms with Crippen LogP contribution in [0.2, 0.25) is 0 Å². The number of carbonyl (C=O) groups is 1. The number of carbonyl (C=O) groups excluding carboxylic acids is 1. The molecule has 1 N–H and O–H groups in total. The Labute approximate surface area is 137 Å². The van der Waals surface area contributed by atoms with Gasteiger partial charge >= 0.3 is 0 Å². The zero-order chi connectivity index (χ0) is 16.8. The maximum absolute atomic E-state index is 12.0. The van der Waals surface area contributed by atoms with E-state index in [1.54, 1.807) is 18.3 Å². The molecule has 0 unspecified atom stereocenters. The van der Waals surface area contributed by atoms with Crippen LogP contribution in [0.4, 0.5) is 11.4 Å². The number of benzene rings is 2. The highest BCUT2D eigenvalue weighted by Crippen LogP contribution is 2.13. The minimum atomic E-state index is -0.227. The topological polar surface area (TPSA) is 47.9 Å². The lowest BCUT2D eigenvalue weighted by atomic mass is 10.2. The summed E-state index contributed by atoms with van der Waals surface area (Å²) in [5.74, 6) is -0.227. The maximum Gasteiger partial charge on any atom is 0.271 e. The fourth-order valence-electron chi connectivity index (χ4n) is 2.02. The zero-order valence-corrected chi connectivity index (χ0v) is 13.9. The summed E-state index contributed by atoms with van der Waals surface area (Å²) in [6.45, 7) is 0. The van der Waals surface area contributed by atoms with Crippen molar-refractivity contribution in [1.82, 2.24) is 5.43 Å². The van der Waals surface area contributed by atoms with Crippen LogP contribution in [0.5, 0.6) is 0 Å².